The van der Waals surface area contributed by atoms with E-state index in [1.807, 2.05) is 0 Å². The first kappa shape index (κ1) is 25.6. The monoisotopic (exact) mass is 492 g/mol. The number of nitro groups is 1. The number of carboxylic acids is 1. The van der Waals surface area contributed by atoms with Gasteiger partial charge in [0.05, 0.1) is 11.0 Å². The molecule has 0 aliphatic heterocycles. The molecule has 0 radical (unpaired) electrons. The molecule has 2 unspecified atom stereocenters. The maximum Gasteiger partial charge on any atom is 0.427 e. The van der Waals surface area contributed by atoms with E-state index in [9.17, 15) is 37.6 Å². The van der Waals surface area contributed by atoms with Crippen molar-refractivity contribution in [1.82, 2.24) is 4.90 Å². The number of halogens is 4. The molecule has 184 valence electrons. The molecule has 0 amide bonds. The molecular formula is C24H20F4N2O5. The molecule has 7 nitrogen and oxygen atoms in total. The molecule has 0 bridgehead atoms. The fourth-order valence-corrected chi connectivity index (χ4v) is 3.55. The molecule has 0 aliphatic carbocycles. The quantitative estimate of drug-likeness (QED) is 0.238. The molecule has 3 aromatic rings. The number of benzene rings is 3. The number of rotatable bonds is 10. The van der Waals surface area contributed by atoms with E-state index in [4.69, 9.17) is 4.74 Å². The van der Waals surface area contributed by atoms with Crippen molar-refractivity contribution in [3.8, 4) is 5.75 Å². The summed E-state index contributed by atoms with van der Waals surface area (Å²) in [4.78, 5) is 23.5. The topological polar surface area (TPSA) is 92.9 Å². The second-order valence-electron chi connectivity index (χ2n) is 7.61. The van der Waals surface area contributed by atoms with E-state index < -0.39 is 46.5 Å². The Labute approximate surface area is 197 Å². The summed E-state index contributed by atoms with van der Waals surface area (Å²) in [7, 11) is 0. The SMILES string of the molecule is O=C(O)C(C(Oc1ccc(F)cc1[N+](=O)[O-])C(F)(F)F)N(Cc1ccccc1)Cc1ccccc1. The van der Waals surface area contributed by atoms with Gasteiger partial charge in [0.15, 0.2) is 11.8 Å². The highest BCUT2D eigenvalue weighted by atomic mass is 19.4. The predicted molar refractivity (Wildman–Crippen MR) is 117 cm³/mol. The minimum Gasteiger partial charge on any atom is -0.480 e. The largest absolute Gasteiger partial charge is 0.480 e. The van der Waals surface area contributed by atoms with Crippen LogP contribution in [0.15, 0.2) is 78.9 Å². The Morgan fingerprint density at radius 1 is 0.971 bits per heavy atom. The Morgan fingerprint density at radius 3 is 1.91 bits per heavy atom. The van der Waals surface area contributed by atoms with E-state index in [0.29, 0.717) is 29.3 Å². The number of nitro benzene ring substituents is 1. The number of hydrogen-bond donors (Lipinski definition) is 1. The Kier molecular flexibility index (Phi) is 8.02. The number of hydrogen-bond acceptors (Lipinski definition) is 5. The van der Waals surface area contributed by atoms with Crippen molar-refractivity contribution in [2.75, 3.05) is 0 Å². The fraction of sp³-hybridized carbons (Fsp3) is 0.208. The summed E-state index contributed by atoms with van der Waals surface area (Å²) in [6.45, 7) is -0.373. The van der Waals surface area contributed by atoms with Gasteiger partial charge in [-0.3, -0.25) is 19.8 Å². The van der Waals surface area contributed by atoms with Gasteiger partial charge in [-0.15, -0.1) is 0 Å². The lowest BCUT2D eigenvalue weighted by molar-refractivity contribution is -0.386. The fourth-order valence-electron chi connectivity index (χ4n) is 3.55. The number of aliphatic carboxylic acids is 1. The van der Waals surface area contributed by atoms with Crippen LogP contribution in [0.2, 0.25) is 0 Å². The van der Waals surface area contributed by atoms with Crippen LogP contribution in [-0.2, 0) is 17.9 Å². The van der Waals surface area contributed by atoms with Crippen LogP contribution in [0.5, 0.6) is 5.75 Å². The molecule has 0 aromatic heterocycles. The lowest BCUT2D eigenvalue weighted by atomic mass is 10.0. The average molecular weight is 492 g/mol. The summed E-state index contributed by atoms with van der Waals surface area (Å²) in [5.41, 5.74) is 0.0350. The zero-order valence-electron chi connectivity index (χ0n) is 18.1. The zero-order chi connectivity index (χ0) is 25.6. The standard InChI is InChI=1S/C24H20F4N2O5/c25-18-11-12-20(19(13-18)30(33)34)35-22(24(26,27)28)21(23(31)32)29(14-16-7-3-1-4-8-16)15-17-9-5-2-6-10-17/h1-13,21-22H,14-15H2,(H,31,32). The van der Waals surface area contributed by atoms with Crippen molar-refractivity contribution < 1.29 is 37.1 Å². The predicted octanol–water partition coefficient (Wildman–Crippen LogP) is 5.20. The van der Waals surface area contributed by atoms with Gasteiger partial charge in [-0.25, -0.2) is 4.39 Å². The van der Waals surface area contributed by atoms with Crippen LogP contribution >= 0.6 is 0 Å². The summed E-state index contributed by atoms with van der Waals surface area (Å²) in [5, 5.41) is 21.2. The van der Waals surface area contributed by atoms with Crippen molar-refractivity contribution >= 4 is 11.7 Å². The molecule has 0 spiro atoms. The second kappa shape index (κ2) is 11.0. The van der Waals surface area contributed by atoms with Crippen molar-refractivity contribution in [2.45, 2.75) is 31.4 Å². The van der Waals surface area contributed by atoms with Gasteiger partial charge in [-0.2, -0.15) is 13.2 Å². The van der Waals surface area contributed by atoms with Gasteiger partial charge >= 0.3 is 17.8 Å². The molecule has 1 N–H and O–H groups in total. The smallest absolute Gasteiger partial charge is 0.427 e. The maximum atomic E-state index is 14.2. The van der Waals surface area contributed by atoms with E-state index in [-0.39, 0.29) is 13.1 Å². The molecule has 2 atom stereocenters. The van der Waals surface area contributed by atoms with Crippen LogP contribution in [0.4, 0.5) is 23.2 Å². The van der Waals surface area contributed by atoms with Gasteiger partial charge in [0.1, 0.15) is 5.82 Å². The number of nitrogens with zero attached hydrogens (tertiary/aromatic N) is 2. The third-order valence-corrected chi connectivity index (χ3v) is 5.08. The molecule has 3 aromatic carbocycles. The Morgan fingerprint density at radius 2 is 1.49 bits per heavy atom. The Hall–Kier alpha value is -3.99. The minimum absolute atomic E-state index is 0.186. The third-order valence-electron chi connectivity index (χ3n) is 5.08. The molecule has 0 saturated carbocycles. The zero-order valence-corrected chi connectivity index (χ0v) is 18.1. The summed E-state index contributed by atoms with van der Waals surface area (Å²) in [5.74, 6) is -3.80. The van der Waals surface area contributed by atoms with E-state index in [0.717, 1.165) is 4.90 Å². The first-order valence-electron chi connectivity index (χ1n) is 10.3. The molecule has 0 aliphatic rings. The number of carbonyl (C=O) groups is 1. The van der Waals surface area contributed by atoms with Crippen LogP contribution < -0.4 is 4.74 Å². The lowest BCUT2D eigenvalue weighted by Gasteiger charge is -2.35. The van der Waals surface area contributed by atoms with Gasteiger partial charge in [-0.05, 0) is 23.3 Å². The highest BCUT2D eigenvalue weighted by Crippen LogP contribution is 2.35. The molecular weight excluding hydrogens is 472 g/mol. The lowest BCUT2D eigenvalue weighted by Crippen LogP contribution is -2.56. The van der Waals surface area contributed by atoms with Crippen molar-refractivity contribution in [3.63, 3.8) is 0 Å². The summed E-state index contributed by atoms with van der Waals surface area (Å²) >= 11 is 0. The molecule has 3 rings (SSSR count). The number of ether oxygens (including phenoxy) is 1. The van der Waals surface area contributed by atoms with Gasteiger partial charge in [0.2, 0.25) is 6.10 Å². The van der Waals surface area contributed by atoms with Crippen LogP contribution in [-0.4, -0.2) is 39.2 Å². The van der Waals surface area contributed by atoms with E-state index in [2.05, 4.69) is 0 Å². The Balaban J connectivity index is 2.07. The highest BCUT2D eigenvalue weighted by Gasteiger charge is 2.53. The molecule has 11 heteroatoms. The van der Waals surface area contributed by atoms with Crippen LogP contribution in [0.25, 0.3) is 0 Å². The van der Waals surface area contributed by atoms with Crippen molar-refractivity contribution in [3.05, 3.63) is 106 Å². The van der Waals surface area contributed by atoms with Crippen LogP contribution in [0.3, 0.4) is 0 Å². The summed E-state index contributed by atoms with van der Waals surface area (Å²) in [6.07, 6.45) is -8.24. The normalized spacial score (nSPS) is 13.3. The molecule has 0 fully saturated rings. The van der Waals surface area contributed by atoms with E-state index in [1.165, 1.54) is 0 Å². The minimum atomic E-state index is -5.24. The number of alkyl halides is 3. The van der Waals surface area contributed by atoms with Crippen LogP contribution in [0, 0.1) is 15.9 Å². The van der Waals surface area contributed by atoms with Gasteiger partial charge < -0.3 is 9.84 Å². The van der Waals surface area contributed by atoms with Crippen molar-refractivity contribution in [1.29, 1.82) is 0 Å². The van der Waals surface area contributed by atoms with Gasteiger partial charge in [0, 0.05) is 13.1 Å². The van der Waals surface area contributed by atoms with E-state index >= 15 is 0 Å². The van der Waals surface area contributed by atoms with E-state index in [1.54, 1.807) is 60.7 Å². The highest BCUT2D eigenvalue weighted by molar-refractivity contribution is 5.74. The second-order valence-corrected chi connectivity index (χ2v) is 7.61. The first-order chi connectivity index (χ1) is 16.6. The molecule has 0 heterocycles. The van der Waals surface area contributed by atoms with Gasteiger partial charge in [-0.1, -0.05) is 60.7 Å². The van der Waals surface area contributed by atoms with Gasteiger partial charge in [0.25, 0.3) is 0 Å². The maximum absolute atomic E-state index is 14.2. The Bertz CT molecular complexity index is 1120. The average Bonchev–Trinajstić information content (AvgIpc) is 2.80. The van der Waals surface area contributed by atoms with Crippen molar-refractivity contribution in [2.24, 2.45) is 0 Å². The third kappa shape index (κ3) is 6.76. The molecule has 0 saturated heterocycles. The summed E-state index contributed by atoms with van der Waals surface area (Å²) in [6, 6.07) is 16.0. The summed E-state index contributed by atoms with van der Waals surface area (Å²) < 4.78 is 61.1. The number of carboxylic acid groups (broad SMARTS) is 1. The molecule has 35 heavy (non-hydrogen) atoms. The first-order valence-corrected chi connectivity index (χ1v) is 10.3. The van der Waals surface area contributed by atoms with Crippen LogP contribution in [0.1, 0.15) is 11.1 Å².